The van der Waals surface area contributed by atoms with E-state index >= 15 is 0 Å². The van der Waals surface area contributed by atoms with Crippen LogP contribution >= 0.6 is 0 Å². The number of piperidine rings is 1. The molecule has 1 aliphatic heterocycles. The van der Waals surface area contributed by atoms with Gasteiger partial charge in [0.2, 0.25) is 0 Å². The first-order valence-electron chi connectivity index (χ1n) is 12.5. The van der Waals surface area contributed by atoms with Gasteiger partial charge in [0.25, 0.3) is 5.91 Å². The Morgan fingerprint density at radius 3 is 2.44 bits per heavy atom. The van der Waals surface area contributed by atoms with Gasteiger partial charge in [0.1, 0.15) is 5.75 Å². The Labute approximate surface area is 203 Å². The van der Waals surface area contributed by atoms with Gasteiger partial charge >= 0.3 is 0 Å². The van der Waals surface area contributed by atoms with Crippen LogP contribution in [0.25, 0.3) is 11.1 Å². The van der Waals surface area contributed by atoms with Gasteiger partial charge in [0.15, 0.2) is 0 Å². The molecule has 1 aliphatic carbocycles. The van der Waals surface area contributed by atoms with E-state index in [-0.39, 0.29) is 5.91 Å². The Morgan fingerprint density at radius 2 is 1.71 bits per heavy atom. The molecule has 1 saturated carbocycles. The third-order valence-electron chi connectivity index (χ3n) is 6.95. The standard InChI is InChI=1S/C30H34N2O2/c1-31-18-6-8-24(20-31)22-34-29-11-5-7-23(19-29)21-32(28-16-17-28)30(33)27-14-12-26(13-15-27)25-9-3-2-4-10-25/h2-5,7,9-15,19,24,28H,6,8,16-18,20-22H2,1H3. The number of benzene rings is 3. The van der Waals surface area contributed by atoms with Crippen LogP contribution in [0, 0.1) is 5.92 Å². The van der Waals surface area contributed by atoms with Crippen LogP contribution in [0.2, 0.25) is 0 Å². The Morgan fingerprint density at radius 1 is 0.941 bits per heavy atom. The summed E-state index contributed by atoms with van der Waals surface area (Å²) in [5.74, 6) is 1.60. The van der Waals surface area contributed by atoms with Crippen LogP contribution in [0.4, 0.5) is 0 Å². The van der Waals surface area contributed by atoms with Gasteiger partial charge in [-0.05, 0) is 80.2 Å². The maximum atomic E-state index is 13.4. The highest BCUT2D eigenvalue weighted by molar-refractivity contribution is 5.95. The summed E-state index contributed by atoms with van der Waals surface area (Å²) in [6.45, 7) is 3.67. The molecule has 0 radical (unpaired) electrons. The molecule has 1 atom stereocenters. The highest BCUT2D eigenvalue weighted by atomic mass is 16.5. The first kappa shape index (κ1) is 22.7. The zero-order valence-corrected chi connectivity index (χ0v) is 20.0. The normalized spacial score (nSPS) is 18.4. The van der Waals surface area contributed by atoms with Gasteiger partial charge in [0, 0.05) is 30.6 Å². The summed E-state index contributed by atoms with van der Waals surface area (Å²) in [6.07, 6.45) is 4.64. The first-order chi connectivity index (χ1) is 16.7. The monoisotopic (exact) mass is 454 g/mol. The van der Waals surface area contributed by atoms with Crippen molar-refractivity contribution in [3.63, 3.8) is 0 Å². The van der Waals surface area contributed by atoms with Gasteiger partial charge < -0.3 is 14.5 Å². The predicted octanol–water partition coefficient (Wildman–Crippen LogP) is 5.88. The molecule has 1 heterocycles. The van der Waals surface area contributed by atoms with Crippen molar-refractivity contribution in [1.82, 2.24) is 9.80 Å². The third kappa shape index (κ3) is 5.68. The molecule has 3 aromatic carbocycles. The van der Waals surface area contributed by atoms with E-state index in [2.05, 4.69) is 36.2 Å². The molecule has 3 aromatic rings. The average molecular weight is 455 g/mol. The molecule has 1 amide bonds. The van der Waals surface area contributed by atoms with Crippen LogP contribution in [0.3, 0.4) is 0 Å². The van der Waals surface area contributed by atoms with Crippen LogP contribution < -0.4 is 4.74 Å². The molecule has 4 nitrogen and oxygen atoms in total. The van der Waals surface area contributed by atoms with Crippen molar-refractivity contribution in [2.24, 2.45) is 5.92 Å². The number of carbonyl (C=O) groups is 1. The molecule has 0 spiro atoms. The fourth-order valence-corrected chi connectivity index (χ4v) is 4.91. The molecule has 5 rings (SSSR count). The Balaban J connectivity index is 1.24. The molecule has 2 aliphatic rings. The first-order valence-corrected chi connectivity index (χ1v) is 12.5. The van der Waals surface area contributed by atoms with Gasteiger partial charge in [-0.15, -0.1) is 0 Å². The van der Waals surface area contributed by atoms with Gasteiger partial charge in [-0.25, -0.2) is 0 Å². The molecule has 1 saturated heterocycles. The largest absolute Gasteiger partial charge is 0.493 e. The summed E-state index contributed by atoms with van der Waals surface area (Å²) < 4.78 is 6.16. The number of likely N-dealkylation sites (tertiary alicyclic amines) is 1. The number of hydrogen-bond donors (Lipinski definition) is 0. The maximum Gasteiger partial charge on any atom is 0.254 e. The minimum absolute atomic E-state index is 0.110. The molecule has 0 aromatic heterocycles. The lowest BCUT2D eigenvalue weighted by Crippen LogP contribution is -2.34. The van der Waals surface area contributed by atoms with Gasteiger partial charge in [-0.3, -0.25) is 4.79 Å². The van der Waals surface area contributed by atoms with E-state index in [0.29, 0.717) is 18.5 Å². The van der Waals surface area contributed by atoms with Gasteiger partial charge in [-0.1, -0.05) is 54.6 Å². The van der Waals surface area contributed by atoms with Gasteiger partial charge in [-0.2, -0.15) is 0 Å². The molecular weight excluding hydrogens is 420 g/mol. The van der Waals surface area contributed by atoms with Crippen LogP contribution in [0.5, 0.6) is 5.75 Å². The molecule has 4 heteroatoms. The van der Waals surface area contributed by atoms with Gasteiger partial charge in [0.05, 0.1) is 6.61 Å². The smallest absolute Gasteiger partial charge is 0.254 e. The van der Waals surface area contributed by atoms with Crippen LogP contribution in [0.1, 0.15) is 41.6 Å². The molecule has 2 fully saturated rings. The maximum absolute atomic E-state index is 13.4. The second-order valence-electron chi connectivity index (χ2n) is 9.84. The fourth-order valence-electron chi connectivity index (χ4n) is 4.91. The predicted molar refractivity (Wildman–Crippen MR) is 137 cm³/mol. The minimum atomic E-state index is 0.110. The summed E-state index contributed by atoms with van der Waals surface area (Å²) in [7, 11) is 2.19. The zero-order chi connectivity index (χ0) is 23.3. The summed E-state index contributed by atoms with van der Waals surface area (Å²) in [5, 5.41) is 0. The minimum Gasteiger partial charge on any atom is -0.493 e. The van der Waals surface area contributed by atoms with E-state index in [0.717, 1.165) is 54.0 Å². The van der Waals surface area contributed by atoms with E-state index in [1.165, 1.54) is 19.4 Å². The number of rotatable bonds is 8. The zero-order valence-electron chi connectivity index (χ0n) is 20.0. The van der Waals surface area contributed by atoms with Crippen molar-refractivity contribution in [3.05, 3.63) is 90.0 Å². The van der Waals surface area contributed by atoms with Crippen LogP contribution in [-0.2, 0) is 6.54 Å². The van der Waals surface area contributed by atoms with Crippen LogP contribution in [-0.4, -0.2) is 48.5 Å². The molecule has 0 bridgehead atoms. The Kier molecular flexibility index (Phi) is 6.96. The molecule has 34 heavy (non-hydrogen) atoms. The SMILES string of the molecule is CN1CCCC(COc2cccc(CN(C(=O)c3ccc(-c4ccccc4)cc3)C3CC3)c2)C1. The van der Waals surface area contributed by atoms with Crippen molar-refractivity contribution >= 4 is 5.91 Å². The van der Waals surface area contributed by atoms with E-state index in [1.54, 1.807) is 0 Å². The number of nitrogens with zero attached hydrogens (tertiary/aromatic N) is 2. The third-order valence-corrected chi connectivity index (χ3v) is 6.95. The Hall–Kier alpha value is -3.11. The van der Waals surface area contributed by atoms with Crippen molar-refractivity contribution in [1.29, 1.82) is 0 Å². The highest BCUT2D eigenvalue weighted by Gasteiger charge is 2.33. The van der Waals surface area contributed by atoms with Crippen LogP contribution in [0.15, 0.2) is 78.9 Å². The lowest BCUT2D eigenvalue weighted by atomic mass is 9.99. The summed E-state index contributed by atoms with van der Waals surface area (Å²) in [5.41, 5.74) is 4.17. The summed E-state index contributed by atoms with van der Waals surface area (Å²) in [6, 6.07) is 26.9. The van der Waals surface area contributed by atoms with Crippen molar-refractivity contribution in [3.8, 4) is 16.9 Å². The molecule has 1 unspecified atom stereocenters. The van der Waals surface area contributed by atoms with Crippen molar-refractivity contribution < 1.29 is 9.53 Å². The molecular formula is C30H34N2O2. The molecule has 0 N–H and O–H groups in total. The van der Waals surface area contributed by atoms with E-state index in [4.69, 9.17) is 4.74 Å². The molecule has 176 valence electrons. The topological polar surface area (TPSA) is 32.8 Å². The summed E-state index contributed by atoms with van der Waals surface area (Å²) in [4.78, 5) is 17.8. The number of carbonyl (C=O) groups excluding carboxylic acids is 1. The van der Waals surface area contributed by atoms with E-state index < -0.39 is 0 Å². The van der Waals surface area contributed by atoms with Crippen molar-refractivity contribution in [2.75, 3.05) is 26.7 Å². The average Bonchev–Trinajstić information content (AvgIpc) is 3.72. The van der Waals surface area contributed by atoms with Crippen molar-refractivity contribution in [2.45, 2.75) is 38.3 Å². The Bertz CT molecular complexity index is 1090. The quantitative estimate of drug-likeness (QED) is 0.426. The lowest BCUT2D eigenvalue weighted by Gasteiger charge is -2.29. The second kappa shape index (κ2) is 10.4. The lowest BCUT2D eigenvalue weighted by molar-refractivity contribution is 0.0729. The van der Waals surface area contributed by atoms with E-state index in [1.807, 2.05) is 59.5 Å². The number of ether oxygens (including phenoxy) is 1. The van der Waals surface area contributed by atoms with E-state index in [9.17, 15) is 4.79 Å². The second-order valence-corrected chi connectivity index (χ2v) is 9.84. The number of amides is 1. The summed E-state index contributed by atoms with van der Waals surface area (Å²) >= 11 is 0. The number of hydrogen-bond acceptors (Lipinski definition) is 3. The fraction of sp³-hybridized carbons (Fsp3) is 0.367. The highest BCUT2D eigenvalue weighted by Crippen LogP contribution is 2.31.